The van der Waals surface area contributed by atoms with E-state index >= 15 is 0 Å². The molecule has 0 aliphatic carbocycles. The van der Waals surface area contributed by atoms with E-state index in [1.807, 2.05) is 12.1 Å². The lowest BCUT2D eigenvalue weighted by Gasteiger charge is -2.17. The Morgan fingerprint density at radius 3 is 2.79 bits per heavy atom. The first-order valence-electron chi connectivity index (χ1n) is 5.81. The van der Waals surface area contributed by atoms with Gasteiger partial charge in [-0.2, -0.15) is 0 Å². The quantitative estimate of drug-likeness (QED) is 0.705. The van der Waals surface area contributed by atoms with Crippen LogP contribution in [0.5, 0.6) is 0 Å². The molecule has 19 heavy (non-hydrogen) atoms. The number of hydrogen-bond acceptors (Lipinski definition) is 4. The minimum absolute atomic E-state index is 0.285. The molecule has 0 aliphatic heterocycles. The molecule has 5 heteroatoms. The number of fused-ring (bicyclic) bond motifs is 1. The van der Waals surface area contributed by atoms with Crippen molar-refractivity contribution < 1.29 is 4.39 Å². The lowest BCUT2D eigenvalue weighted by Crippen LogP contribution is -2.13. The second-order valence-electron chi connectivity index (χ2n) is 4.12. The second kappa shape index (κ2) is 4.61. The summed E-state index contributed by atoms with van der Waals surface area (Å²) in [4.78, 5) is 14.6. The van der Waals surface area contributed by atoms with Gasteiger partial charge in [-0.25, -0.2) is 14.4 Å². The van der Waals surface area contributed by atoms with Gasteiger partial charge in [0.15, 0.2) is 0 Å². The van der Waals surface area contributed by atoms with Crippen LogP contribution in [0.25, 0.3) is 11.0 Å². The van der Waals surface area contributed by atoms with Crippen molar-refractivity contribution in [2.24, 2.45) is 0 Å². The molecule has 0 atom stereocenters. The highest BCUT2D eigenvalue weighted by atomic mass is 19.1. The Morgan fingerprint density at radius 2 is 1.95 bits per heavy atom. The molecule has 3 aromatic rings. The molecular formula is C14H11FN4. The molecule has 0 N–H and O–H groups in total. The van der Waals surface area contributed by atoms with E-state index in [2.05, 4.69) is 15.0 Å². The third kappa shape index (κ3) is 2.22. The molecular weight excluding hydrogens is 243 g/mol. The summed E-state index contributed by atoms with van der Waals surface area (Å²) in [7, 11) is 1.80. The van der Waals surface area contributed by atoms with Gasteiger partial charge in [-0.15, -0.1) is 0 Å². The number of halogens is 1. The van der Waals surface area contributed by atoms with Crippen LogP contribution in [0.3, 0.4) is 0 Å². The number of anilines is 2. The van der Waals surface area contributed by atoms with Crippen LogP contribution in [-0.4, -0.2) is 22.0 Å². The molecule has 3 rings (SSSR count). The SMILES string of the molecule is CN(c1cccc(F)c1)c1ncc2ncccc2n1. The minimum atomic E-state index is -0.285. The smallest absolute Gasteiger partial charge is 0.230 e. The van der Waals surface area contributed by atoms with Gasteiger partial charge in [0.25, 0.3) is 0 Å². The zero-order valence-electron chi connectivity index (χ0n) is 10.3. The van der Waals surface area contributed by atoms with Crippen molar-refractivity contribution in [2.75, 3.05) is 11.9 Å². The summed E-state index contributed by atoms with van der Waals surface area (Å²) >= 11 is 0. The largest absolute Gasteiger partial charge is 0.313 e. The number of rotatable bonds is 2. The number of aromatic nitrogens is 3. The first-order valence-corrected chi connectivity index (χ1v) is 5.81. The normalized spacial score (nSPS) is 10.6. The number of benzene rings is 1. The number of nitrogens with zero attached hydrogens (tertiary/aromatic N) is 4. The van der Waals surface area contributed by atoms with Crippen LogP contribution in [0.1, 0.15) is 0 Å². The molecule has 0 saturated carbocycles. The fraction of sp³-hybridized carbons (Fsp3) is 0.0714. The van der Waals surface area contributed by atoms with Crippen molar-refractivity contribution >= 4 is 22.7 Å². The average molecular weight is 254 g/mol. The van der Waals surface area contributed by atoms with Crippen molar-refractivity contribution in [3.05, 3.63) is 54.6 Å². The third-order valence-corrected chi connectivity index (χ3v) is 2.83. The van der Waals surface area contributed by atoms with Gasteiger partial charge >= 0.3 is 0 Å². The Bertz CT molecular complexity index is 729. The minimum Gasteiger partial charge on any atom is -0.313 e. The lowest BCUT2D eigenvalue weighted by atomic mass is 10.3. The van der Waals surface area contributed by atoms with Gasteiger partial charge in [0.1, 0.15) is 11.3 Å². The molecule has 94 valence electrons. The highest BCUT2D eigenvalue weighted by molar-refractivity contribution is 5.74. The van der Waals surface area contributed by atoms with Gasteiger partial charge in [0, 0.05) is 18.9 Å². The molecule has 2 heterocycles. The van der Waals surface area contributed by atoms with Crippen LogP contribution >= 0.6 is 0 Å². The maximum absolute atomic E-state index is 13.2. The van der Waals surface area contributed by atoms with E-state index in [-0.39, 0.29) is 5.82 Å². The van der Waals surface area contributed by atoms with Gasteiger partial charge in [0.05, 0.1) is 11.7 Å². The Labute approximate surface area is 109 Å². The summed E-state index contributed by atoms with van der Waals surface area (Å²) in [6.07, 6.45) is 3.36. The summed E-state index contributed by atoms with van der Waals surface area (Å²) in [6, 6.07) is 10.00. The van der Waals surface area contributed by atoms with Crippen LogP contribution in [-0.2, 0) is 0 Å². The van der Waals surface area contributed by atoms with Crippen LogP contribution in [0.2, 0.25) is 0 Å². The van der Waals surface area contributed by atoms with E-state index in [0.717, 1.165) is 11.0 Å². The monoisotopic (exact) mass is 254 g/mol. The molecule has 0 aliphatic rings. The molecule has 0 radical (unpaired) electrons. The predicted molar refractivity (Wildman–Crippen MR) is 71.8 cm³/mol. The predicted octanol–water partition coefficient (Wildman–Crippen LogP) is 2.93. The first-order chi connectivity index (χ1) is 9.24. The second-order valence-corrected chi connectivity index (χ2v) is 4.12. The van der Waals surface area contributed by atoms with Crippen molar-refractivity contribution in [3.63, 3.8) is 0 Å². The molecule has 0 spiro atoms. The molecule has 0 saturated heterocycles. The van der Waals surface area contributed by atoms with E-state index in [0.29, 0.717) is 11.6 Å². The van der Waals surface area contributed by atoms with Crippen LogP contribution in [0, 0.1) is 5.82 Å². The fourth-order valence-electron chi connectivity index (χ4n) is 1.82. The molecule has 0 unspecified atom stereocenters. The standard InChI is InChI=1S/C14H11FN4/c1-19(11-5-2-4-10(15)8-11)14-17-9-13-12(18-14)6-3-7-16-13/h2-9H,1H3. The molecule has 0 amide bonds. The van der Waals surface area contributed by atoms with E-state index in [1.165, 1.54) is 12.1 Å². The van der Waals surface area contributed by atoms with Crippen molar-refractivity contribution in [2.45, 2.75) is 0 Å². The molecule has 0 bridgehead atoms. The van der Waals surface area contributed by atoms with Gasteiger partial charge in [-0.3, -0.25) is 4.98 Å². The maximum atomic E-state index is 13.2. The number of hydrogen-bond donors (Lipinski definition) is 0. The maximum Gasteiger partial charge on any atom is 0.230 e. The lowest BCUT2D eigenvalue weighted by molar-refractivity contribution is 0.628. The van der Waals surface area contributed by atoms with Crippen molar-refractivity contribution in [1.82, 2.24) is 15.0 Å². The van der Waals surface area contributed by atoms with E-state index in [1.54, 1.807) is 36.5 Å². The van der Waals surface area contributed by atoms with Gasteiger partial charge < -0.3 is 4.90 Å². The zero-order valence-corrected chi connectivity index (χ0v) is 10.3. The number of pyridine rings is 1. The average Bonchev–Trinajstić information content (AvgIpc) is 2.46. The Balaban J connectivity index is 2.04. The van der Waals surface area contributed by atoms with Crippen molar-refractivity contribution in [1.29, 1.82) is 0 Å². The van der Waals surface area contributed by atoms with Gasteiger partial charge in [-0.05, 0) is 30.3 Å². The summed E-state index contributed by atoms with van der Waals surface area (Å²) in [5.74, 6) is 0.220. The summed E-state index contributed by atoms with van der Waals surface area (Å²) in [5, 5.41) is 0. The van der Waals surface area contributed by atoms with Gasteiger partial charge in [-0.1, -0.05) is 6.07 Å². The topological polar surface area (TPSA) is 41.9 Å². The highest BCUT2D eigenvalue weighted by Crippen LogP contribution is 2.21. The van der Waals surface area contributed by atoms with Crippen LogP contribution in [0.15, 0.2) is 48.8 Å². The summed E-state index contributed by atoms with van der Waals surface area (Å²) in [5.41, 5.74) is 2.19. The molecule has 1 aromatic carbocycles. The summed E-state index contributed by atoms with van der Waals surface area (Å²) in [6.45, 7) is 0. The summed E-state index contributed by atoms with van der Waals surface area (Å²) < 4.78 is 13.2. The van der Waals surface area contributed by atoms with Crippen LogP contribution < -0.4 is 4.90 Å². The van der Waals surface area contributed by atoms with Crippen LogP contribution in [0.4, 0.5) is 16.0 Å². The highest BCUT2D eigenvalue weighted by Gasteiger charge is 2.08. The zero-order chi connectivity index (χ0) is 13.2. The third-order valence-electron chi connectivity index (χ3n) is 2.83. The molecule has 2 aromatic heterocycles. The Kier molecular flexibility index (Phi) is 2.79. The fourth-order valence-corrected chi connectivity index (χ4v) is 1.82. The molecule has 0 fully saturated rings. The first kappa shape index (κ1) is 11.5. The Morgan fingerprint density at radius 1 is 1.05 bits per heavy atom. The van der Waals surface area contributed by atoms with E-state index in [4.69, 9.17) is 0 Å². The van der Waals surface area contributed by atoms with E-state index in [9.17, 15) is 4.39 Å². The van der Waals surface area contributed by atoms with E-state index < -0.39 is 0 Å². The van der Waals surface area contributed by atoms with Crippen molar-refractivity contribution in [3.8, 4) is 0 Å². The molecule has 4 nitrogen and oxygen atoms in total. The van der Waals surface area contributed by atoms with Gasteiger partial charge in [0.2, 0.25) is 5.95 Å². The Hall–Kier alpha value is -2.56.